The molecule has 0 aliphatic carbocycles. The van der Waals surface area contributed by atoms with E-state index >= 15 is 0 Å². The number of H-pyrrole nitrogens is 1. The van der Waals surface area contributed by atoms with E-state index in [1.807, 2.05) is 0 Å². The second-order valence-corrected chi connectivity index (χ2v) is 7.39. The maximum atomic E-state index is 10.9. The van der Waals surface area contributed by atoms with Crippen molar-refractivity contribution in [2.75, 3.05) is 0 Å². The standard InChI is InChI=1S/C12H11Cl4N3O/c13-9-3-1-8(2-4-9)11(20,6-12(14,15)16)5-10-17-7-18-19-10/h1-4,7,20H,5-6H2,(H,17,18,19). The highest BCUT2D eigenvalue weighted by atomic mass is 35.6. The molecule has 1 heterocycles. The van der Waals surface area contributed by atoms with Gasteiger partial charge in [0.1, 0.15) is 17.8 Å². The van der Waals surface area contributed by atoms with Crippen LogP contribution in [0.1, 0.15) is 17.8 Å². The lowest BCUT2D eigenvalue weighted by Gasteiger charge is -2.31. The first-order valence-corrected chi connectivity index (χ1v) is 7.19. The van der Waals surface area contributed by atoms with Crippen molar-refractivity contribution in [2.24, 2.45) is 0 Å². The number of nitrogens with zero attached hydrogens (tertiary/aromatic N) is 2. The van der Waals surface area contributed by atoms with Gasteiger partial charge >= 0.3 is 0 Å². The van der Waals surface area contributed by atoms with Crippen LogP contribution < -0.4 is 0 Å². The minimum atomic E-state index is -1.60. The summed E-state index contributed by atoms with van der Waals surface area (Å²) in [5, 5.41) is 17.9. The molecule has 0 bridgehead atoms. The van der Waals surface area contributed by atoms with E-state index in [-0.39, 0.29) is 12.8 Å². The van der Waals surface area contributed by atoms with Gasteiger partial charge in [-0.1, -0.05) is 58.5 Å². The van der Waals surface area contributed by atoms with Gasteiger partial charge in [-0.15, -0.1) is 0 Å². The van der Waals surface area contributed by atoms with Crippen molar-refractivity contribution < 1.29 is 5.11 Å². The third-order valence-corrected chi connectivity index (χ3v) is 3.45. The van der Waals surface area contributed by atoms with Crippen LogP contribution in [0.25, 0.3) is 0 Å². The number of nitrogens with one attached hydrogen (secondary N) is 1. The lowest BCUT2D eigenvalue weighted by molar-refractivity contribution is 0.0270. The second kappa shape index (κ2) is 6.08. The Balaban J connectivity index is 2.34. The van der Waals surface area contributed by atoms with Crippen molar-refractivity contribution in [3.05, 3.63) is 47.0 Å². The molecule has 0 spiro atoms. The summed E-state index contributed by atoms with van der Waals surface area (Å²) in [6.45, 7) is 0. The molecule has 0 fully saturated rings. The molecule has 20 heavy (non-hydrogen) atoms. The van der Waals surface area contributed by atoms with E-state index in [2.05, 4.69) is 15.2 Å². The van der Waals surface area contributed by atoms with Crippen molar-refractivity contribution in [2.45, 2.75) is 22.2 Å². The smallest absolute Gasteiger partial charge is 0.193 e. The number of aromatic nitrogens is 3. The SMILES string of the molecule is OC(Cc1ncn[nH]1)(CC(Cl)(Cl)Cl)c1ccc(Cl)cc1. The minimum Gasteiger partial charge on any atom is -0.385 e. The first kappa shape index (κ1) is 15.9. The number of benzene rings is 1. The molecule has 2 aromatic rings. The summed E-state index contributed by atoms with van der Waals surface area (Å²) in [6, 6.07) is 6.71. The fourth-order valence-corrected chi connectivity index (χ4v) is 2.74. The van der Waals surface area contributed by atoms with Gasteiger partial charge in [0, 0.05) is 17.9 Å². The van der Waals surface area contributed by atoms with Crippen LogP contribution in [0.15, 0.2) is 30.6 Å². The van der Waals surface area contributed by atoms with Crippen molar-refractivity contribution in [1.82, 2.24) is 15.2 Å². The van der Waals surface area contributed by atoms with Gasteiger partial charge in [-0.3, -0.25) is 5.10 Å². The molecule has 1 aromatic carbocycles. The van der Waals surface area contributed by atoms with Gasteiger partial charge in [-0.25, -0.2) is 4.98 Å². The van der Waals surface area contributed by atoms with Gasteiger partial charge in [-0.05, 0) is 17.7 Å². The van der Waals surface area contributed by atoms with Crippen LogP contribution in [0.5, 0.6) is 0 Å². The fourth-order valence-electron chi connectivity index (χ4n) is 1.95. The molecule has 0 radical (unpaired) electrons. The van der Waals surface area contributed by atoms with E-state index in [9.17, 15) is 5.11 Å². The third-order valence-electron chi connectivity index (χ3n) is 2.80. The van der Waals surface area contributed by atoms with E-state index in [4.69, 9.17) is 46.4 Å². The van der Waals surface area contributed by atoms with Crippen molar-refractivity contribution in [1.29, 1.82) is 0 Å². The Morgan fingerprint density at radius 3 is 2.30 bits per heavy atom. The molecule has 1 atom stereocenters. The molecule has 0 aliphatic heterocycles. The predicted molar refractivity (Wildman–Crippen MR) is 80.3 cm³/mol. The number of halogens is 4. The Morgan fingerprint density at radius 1 is 1.15 bits per heavy atom. The van der Waals surface area contributed by atoms with Gasteiger partial charge in [0.25, 0.3) is 0 Å². The predicted octanol–water partition coefficient (Wildman–Crippen LogP) is 3.65. The van der Waals surface area contributed by atoms with E-state index in [1.54, 1.807) is 24.3 Å². The van der Waals surface area contributed by atoms with Gasteiger partial charge < -0.3 is 5.11 Å². The van der Waals surface area contributed by atoms with Gasteiger partial charge in [0.15, 0.2) is 3.79 Å². The van der Waals surface area contributed by atoms with Crippen LogP contribution in [0.2, 0.25) is 5.02 Å². The van der Waals surface area contributed by atoms with E-state index < -0.39 is 9.39 Å². The van der Waals surface area contributed by atoms with Crippen molar-refractivity contribution in [3.63, 3.8) is 0 Å². The summed E-state index contributed by atoms with van der Waals surface area (Å²) in [5.74, 6) is 0.497. The maximum Gasteiger partial charge on any atom is 0.193 e. The number of rotatable bonds is 4. The fraction of sp³-hybridized carbons (Fsp3) is 0.333. The van der Waals surface area contributed by atoms with Crippen molar-refractivity contribution in [3.8, 4) is 0 Å². The van der Waals surface area contributed by atoms with Crippen LogP contribution >= 0.6 is 46.4 Å². The molecule has 2 N–H and O–H groups in total. The Bertz CT molecular complexity index is 553. The number of hydrogen-bond acceptors (Lipinski definition) is 3. The molecule has 0 saturated heterocycles. The molecule has 2 rings (SSSR count). The lowest BCUT2D eigenvalue weighted by Crippen LogP contribution is -2.33. The zero-order chi connectivity index (χ0) is 14.8. The van der Waals surface area contributed by atoms with Crippen LogP contribution in [0, 0.1) is 0 Å². The van der Waals surface area contributed by atoms with Crippen LogP contribution in [-0.2, 0) is 12.0 Å². The molecule has 1 unspecified atom stereocenters. The molecule has 108 valence electrons. The van der Waals surface area contributed by atoms with Gasteiger partial charge in [-0.2, -0.15) is 5.10 Å². The lowest BCUT2D eigenvalue weighted by atomic mass is 9.87. The second-order valence-electron chi connectivity index (χ2n) is 4.44. The van der Waals surface area contributed by atoms with E-state index in [0.717, 1.165) is 0 Å². The number of aliphatic hydroxyl groups is 1. The first-order valence-electron chi connectivity index (χ1n) is 5.68. The Morgan fingerprint density at radius 2 is 1.80 bits per heavy atom. The van der Waals surface area contributed by atoms with Crippen molar-refractivity contribution >= 4 is 46.4 Å². The van der Waals surface area contributed by atoms with E-state index in [0.29, 0.717) is 16.4 Å². The minimum absolute atomic E-state index is 0.0903. The molecule has 1 aromatic heterocycles. The largest absolute Gasteiger partial charge is 0.385 e. The summed E-state index contributed by atoms with van der Waals surface area (Å²) in [7, 11) is 0. The summed E-state index contributed by atoms with van der Waals surface area (Å²) in [4.78, 5) is 3.99. The van der Waals surface area contributed by atoms with Crippen LogP contribution in [0.3, 0.4) is 0 Å². The summed E-state index contributed by atoms with van der Waals surface area (Å²) >= 11 is 23.4. The Hall–Kier alpha value is -0.520. The van der Waals surface area contributed by atoms with Crippen LogP contribution in [0.4, 0.5) is 0 Å². The molecule has 0 saturated carbocycles. The molecule has 8 heteroatoms. The molecular formula is C12H11Cl4N3O. The van der Waals surface area contributed by atoms with Gasteiger partial charge in [0.05, 0.1) is 0 Å². The average molecular weight is 355 g/mol. The number of hydrogen-bond donors (Lipinski definition) is 2. The topological polar surface area (TPSA) is 61.8 Å². The summed E-state index contributed by atoms with van der Waals surface area (Å²) in [5.41, 5.74) is -0.806. The quantitative estimate of drug-likeness (QED) is 0.824. The maximum absolute atomic E-state index is 10.9. The molecular weight excluding hydrogens is 344 g/mol. The Kier molecular flexibility index (Phi) is 4.82. The molecule has 0 amide bonds. The normalized spacial score (nSPS) is 15.1. The monoisotopic (exact) mass is 353 g/mol. The average Bonchev–Trinajstić information content (AvgIpc) is 2.79. The molecule has 4 nitrogen and oxygen atoms in total. The highest BCUT2D eigenvalue weighted by Crippen LogP contribution is 2.41. The Labute approximate surface area is 136 Å². The van der Waals surface area contributed by atoms with E-state index in [1.165, 1.54) is 6.33 Å². The zero-order valence-electron chi connectivity index (χ0n) is 10.2. The van der Waals surface area contributed by atoms with Crippen LogP contribution in [-0.4, -0.2) is 24.1 Å². The zero-order valence-corrected chi connectivity index (χ0v) is 13.2. The van der Waals surface area contributed by atoms with Gasteiger partial charge in [0.2, 0.25) is 0 Å². The third kappa shape index (κ3) is 4.24. The summed E-state index contributed by atoms with van der Waals surface area (Å²) < 4.78 is -1.60. The highest BCUT2D eigenvalue weighted by molar-refractivity contribution is 6.67. The number of alkyl halides is 3. The highest BCUT2D eigenvalue weighted by Gasteiger charge is 2.39. The molecule has 0 aliphatic rings. The first-order chi connectivity index (χ1) is 9.28. The summed E-state index contributed by atoms with van der Waals surface area (Å²) in [6.07, 6.45) is 1.41. The number of aromatic amines is 1.